The van der Waals surface area contributed by atoms with E-state index in [2.05, 4.69) is 0 Å². The molecule has 98 valence electrons. The van der Waals surface area contributed by atoms with Crippen molar-refractivity contribution in [3.63, 3.8) is 0 Å². The molecule has 0 aromatic heterocycles. The van der Waals surface area contributed by atoms with Crippen LogP contribution in [0.3, 0.4) is 0 Å². The largest absolute Gasteiger partial charge is 0.334 e. The molecule has 1 amide bonds. The Labute approximate surface area is 109 Å². The van der Waals surface area contributed by atoms with Crippen LogP contribution < -0.4 is 5.73 Å². The van der Waals surface area contributed by atoms with Crippen molar-refractivity contribution in [2.45, 2.75) is 51.2 Å². The van der Waals surface area contributed by atoms with Gasteiger partial charge in [0, 0.05) is 12.6 Å². The molecule has 3 nitrogen and oxygen atoms in total. The summed E-state index contributed by atoms with van der Waals surface area (Å²) in [6.07, 6.45) is 2.72. The van der Waals surface area contributed by atoms with Gasteiger partial charge in [-0.25, -0.2) is 0 Å². The maximum Gasteiger partial charge on any atom is 0.243 e. The molecule has 18 heavy (non-hydrogen) atoms. The van der Waals surface area contributed by atoms with Gasteiger partial charge in [0.25, 0.3) is 0 Å². The molecular formula is C15H22N2O. The van der Waals surface area contributed by atoms with Crippen LogP contribution in [0.15, 0.2) is 30.3 Å². The lowest BCUT2D eigenvalue weighted by Crippen LogP contribution is -2.60. The van der Waals surface area contributed by atoms with E-state index in [1.165, 1.54) is 0 Å². The number of hydrogen-bond donors (Lipinski definition) is 1. The van der Waals surface area contributed by atoms with Crippen LogP contribution in [-0.2, 0) is 11.3 Å². The van der Waals surface area contributed by atoms with Crippen molar-refractivity contribution in [2.24, 2.45) is 5.73 Å². The molecule has 1 saturated carbocycles. The lowest BCUT2D eigenvalue weighted by atomic mass is 9.76. The summed E-state index contributed by atoms with van der Waals surface area (Å²) in [5.41, 5.74) is 6.70. The standard InChI is InChI=1S/C15H22N2O/c1-12(2)17(11-13-7-4-3-5-8-13)14(18)15(16)9-6-10-15/h3-5,7-8,12H,6,9-11,16H2,1-2H3. The zero-order valence-electron chi connectivity index (χ0n) is 11.2. The minimum absolute atomic E-state index is 0.104. The summed E-state index contributed by atoms with van der Waals surface area (Å²) in [7, 11) is 0. The van der Waals surface area contributed by atoms with Crippen molar-refractivity contribution in [1.82, 2.24) is 4.90 Å². The minimum Gasteiger partial charge on any atom is -0.334 e. The summed E-state index contributed by atoms with van der Waals surface area (Å²) in [5, 5.41) is 0. The first kappa shape index (κ1) is 13.1. The second-order valence-corrected chi connectivity index (χ2v) is 5.52. The van der Waals surface area contributed by atoms with Gasteiger partial charge < -0.3 is 10.6 Å². The number of nitrogens with zero attached hydrogens (tertiary/aromatic N) is 1. The van der Waals surface area contributed by atoms with Crippen molar-refractivity contribution in [2.75, 3.05) is 0 Å². The number of rotatable bonds is 4. The van der Waals surface area contributed by atoms with E-state index in [0.29, 0.717) is 6.54 Å². The molecule has 2 N–H and O–H groups in total. The van der Waals surface area contributed by atoms with Gasteiger partial charge in [-0.05, 0) is 38.7 Å². The third-order valence-electron chi connectivity index (χ3n) is 3.75. The maximum atomic E-state index is 12.5. The van der Waals surface area contributed by atoms with Crippen LogP contribution in [0.5, 0.6) is 0 Å². The number of benzene rings is 1. The summed E-state index contributed by atoms with van der Waals surface area (Å²) in [4.78, 5) is 14.4. The molecule has 3 heteroatoms. The summed E-state index contributed by atoms with van der Waals surface area (Å²) >= 11 is 0. The molecule has 0 atom stereocenters. The van der Waals surface area contributed by atoms with E-state index < -0.39 is 5.54 Å². The molecule has 0 spiro atoms. The average Bonchev–Trinajstić information content (AvgIpc) is 2.33. The third-order valence-corrected chi connectivity index (χ3v) is 3.75. The third kappa shape index (κ3) is 2.56. The first-order valence-electron chi connectivity index (χ1n) is 6.67. The van der Waals surface area contributed by atoms with Gasteiger partial charge in [-0.3, -0.25) is 4.79 Å². The highest BCUT2D eigenvalue weighted by atomic mass is 16.2. The fourth-order valence-electron chi connectivity index (χ4n) is 2.33. The van der Waals surface area contributed by atoms with E-state index in [4.69, 9.17) is 5.73 Å². The molecule has 0 unspecified atom stereocenters. The maximum absolute atomic E-state index is 12.5. The van der Waals surface area contributed by atoms with Gasteiger partial charge in [0.2, 0.25) is 5.91 Å². The Morgan fingerprint density at radius 3 is 2.39 bits per heavy atom. The molecule has 1 fully saturated rings. The van der Waals surface area contributed by atoms with Crippen LogP contribution in [-0.4, -0.2) is 22.4 Å². The second-order valence-electron chi connectivity index (χ2n) is 5.52. The summed E-state index contributed by atoms with van der Waals surface area (Å²) in [6.45, 7) is 4.74. The normalized spacial score (nSPS) is 17.3. The highest BCUT2D eigenvalue weighted by molar-refractivity contribution is 5.87. The van der Waals surface area contributed by atoms with Gasteiger partial charge in [0.15, 0.2) is 0 Å². The molecule has 0 saturated heterocycles. The molecule has 1 aromatic rings. The topological polar surface area (TPSA) is 46.3 Å². The fraction of sp³-hybridized carbons (Fsp3) is 0.533. The van der Waals surface area contributed by atoms with Gasteiger partial charge in [0.1, 0.15) is 0 Å². The zero-order valence-corrected chi connectivity index (χ0v) is 11.2. The highest BCUT2D eigenvalue weighted by Gasteiger charge is 2.43. The number of amides is 1. The molecular weight excluding hydrogens is 224 g/mol. The van der Waals surface area contributed by atoms with E-state index >= 15 is 0 Å². The van der Waals surface area contributed by atoms with Gasteiger partial charge in [-0.1, -0.05) is 30.3 Å². The SMILES string of the molecule is CC(C)N(Cc1ccccc1)C(=O)C1(N)CCC1. The quantitative estimate of drug-likeness (QED) is 0.886. The Bertz CT molecular complexity index is 410. The summed E-state index contributed by atoms with van der Waals surface area (Å²) in [5.74, 6) is 0.104. The summed E-state index contributed by atoms with van der Waals surface area (Å²) < 4.78 is 0. The highest BCUT2D eigenvalue weighted by Crippen LogP contribution is 2.32. The van der Waals surface area contributed by atoms with Gasteiger partial charge >= 0.3 is 0 Å². The molecule has 1 aromatic carbocycles. The molecule has 1 aliphatic carbocycles. The lowest BCUT2D eigenvalue weighted by Gasteiger charge is -2.42. The second kappa shape index (κ2) is 5.11. The fourth-order valence-corrected chi connectivity index (χ4v) is 2.33. The number of carbonyl (C=O) groups is 1. The number of carbonyl (C=O) groups excluding carboxylic acids is 1. The van der Waals surface area contributed by atoms with Crippen molar-refractivity contribution < 1.29 is 4.79 Å². The van der Waals surface area contributed by atoms with Crippen LogP contribution in [0, 0.1) is 0 Å². The van der Waals surface area contributed by atoms with Crippen LogP contribution in [0.4, 0.5) is 0 Å². The smallest absolute Gasteiger partial charge is 0.243 e. The Balaban J connectivity index is 2.11. The Morgan fingerprint density at radius 2 is 1.94 bits per heavy atom. The predicted octanol–water partition coefficient (Wildman–Crippen LogP) is 2.31. The van der Waals surface area contributed by atoms with Crippen molar-refractivity contribution >= 4 is 5.91 Å². The summed E-state index contributed by atoms with van der Waals surface area (Å²) in [6, 6.07) is 10.3. The van der Waals surface area contributed by atoms with Crippen molar-refractivity contribution in [1.29, 1.82) is 0 Å². The zero-order chi connectivity index (χ0) is 13.2. The Kier molecular flexibility index (Phi) is 3.71. The van der Waals surface area contributed by atoms with Gasteiger partial charge in [0.05, 0.1) is 5.54 Å². The molecule has 0 radical (unpaired) electrons. The minimum atomic E-state index is -0.598. The monoisotopic (exact) mass is 246 g/mol. The van der Waals surface area contributed by atoms with E-state index in [0.717, 1.165) is 24.8 Å². The van der Waals surface area contributed by atoms with E-state index in [1.54, 1.807) is 0 Å². The number of nitrogens with two attached hydrogens (primary N) is 1. The van der Waals surface area contributed by atoms with E-state index in [1.807, 2.05) is 49.1 Å². The number of hydrogen-bond acceptors (Lipinski definition) is 2. The van der Waals surface area contributed by atoms with Crippen molar-refractivity contribution in [3.8, 4) is 0 Å². The van der Waals surface area contributed by atoms with Gasteiger partial charge in [-0.15, -0.1) is 0 Å². The first-order valence-corrected chi connectivity index (χ1v) is 6.67. The van der Waals surface area contributed by atoms with Crippen LogP contribution >= 0.6 is 0 Å². The van der Waals surface area contributed by atoms with Crippen LogP contribution in [0.25, 0.3) is 0 Å². The molecule has 0 heterocycles. The molecule has 0 bridgehead atoms. The molecule has 0 aliphatic heterocycles. The average molecular weight is 246 g/mol. The van der Waals surface area contributed by atoms with E-state index in [-0.39, 0.29) is 11.9 Å². The van der Waals surface area contributed by atoms with Crippen LogP contribution in [0.2, 0.25) is 0 Å². The Morgan fingerprint density at radius 1 is 1.33 bits per heavy atom. The lowest BCUT2D eigenvalue weighted by molar-refractivity contribution is -0.142. The van der Waals surface area contributed by atoms with Gasteiger partial charge in [-0.2, -0.15) is 0 Å². The predicted molar refractivity (Wildman–Crippen MR) is 72.9 cm³/mol. The Hall–Kier alpha value is -1.35. The van der Waals surface area contributed by atoms with Crippen molar-refractivity contribution in [3.05, 3.63) is 35.9 Å². The van der Waals surface area contributed by atoms with E-state index in [9.17, 15) is 4.79 Å². The first-order chi connectivity index (χ1) is 8.53. The molecule has 1 aliphatic rings. The van der Waals surface area contributed by atoms with Crippen LogP contribution in [0.1, 0.15) is 38.7 Å². The molecule has 2 rings (SSSR count).